The lowest BCUT2D eigenvalue weighted by Gasteiger charge is -2.58. The van der Waals surface area contributed by atoms with Gasteiger partial charge in [-0.15, -0.1) is 0 Å². The maximum atomic E-state index is 11.6. The highest BCUT2D eigenvalue weighted by Crippen LogP contribution is 2.47. The van der Waals surface area contributed by atoms with Gasteiger partial charge in [0.15, 0.2) is 0 Å². The van der Waals surface area contributed by atoms with Crippen LogP contribution in [0, 0.1) is 5.41 Å². The number of nitrogens with one attached hydrogen (secondary N) is 1. The van der Waals surface area contributed by atoms with Crippen LogP contribution in [0.25, 0.3) is 0 Å². The van der Waals surface area contributed by atoms with Gasteiger partial charge < -0.3 is 21.6 Å². The molecule has 1 saturated carbocycles. The van der Waals surface area contributed by atoms with Crippen molar-refractivity contribution >= 4 is 11.7 Å². The molecule has 7 nitrogen and oxygen atoms in total. The number of hydrogen-bond donors (Lipinski definition) is 4. The van der Waals surface area contributed by atoms with E-state index in [4.69, 9.17) is 16.7 Å². The van der Waals surface area contributed by atoms with Gasteiger partial charge in [-0.2, -0.15) is 0 Å². The molecule has 2 amide bonds. The van der Waals surface area contributed by atoms with E-state index in [0.717, 1.165) is 13.0 Å². The van der Waals surface area contributed by atoms with Gasteiger partial charge in [-0.25, -0.2) is 10.3 Å². The summed E-state index contributed by atoms with van der Waals surface area (Å²) in [7, 11) is 0. The number of carbonyl (C=O) groups excluding carboxylic acids is 1. The summed E-state index contributed by atoms with van der Waals surface area (Å²) in [6, 6.07) is 7.69. The molecule has 1 aliphatic carbocycles. The number of nitrogens with zero attached hydrogens (tertiary/aromatic N) is 2. The lowest BCUT2D eigenvalue weighted by molar-refractivity contribution is -0.0698. The number of rotatable bonds is 7. The fourth-order valence-corrected chi connectivity index (χ4v) is 3.98. The van der Waals surface area contributed by atoms with Gasteiger partial charge in [0.25, 0.3) is 0 Å². The average Bonchev–Trinajstić information content (AvgIpc) is 2.53. The standard InChI is InChI=1S/C18H27N5O2/c19-15-10-18(11-15)12-22(13-18)9-6-14-2-4-16(5-3-14)23(17(20)24)8-1-7-21-25/h1-5,8,15,21,25H,6-7,9-13,19H2,(H2,20,24)/b8-1-. The summed E-state index contributed by atoms with van der Waals surface area (Å²) < 4.78 is 0. The summed E-state index contributed by atoms with van der Waals surface area (Å²) in [5, 5.41) is 8.57. The van der Waals surface area contributed by atoms with Crippen LogP contribution in [0.15, 0.2) is 36.5 Å². The van der Waals surface area contributed by atoms with E-state index < -0.39 is 6.03 Å². The number of hydroxylamine groups is 1. The first-order chi connectivity index (χ1) is 12.0. The number of nitrogens with two attached hydrogens (primary N) is 2. The highest BCUT2D eigenvalue weighted by Gasteiger charge is 2.50. The maximum absolute atomic E-state index is 11.6. The molecule has 0 atom stereocenters. The fraction of sp³-hybridized carbons (Fsp3) is 0.500. The fourth-order valence-electron chi connectivity index (χ4n) is 3.98. The Labute approximate surface area is 148 Å². The summed E-state index contributed by atoms with van der Waals surface area (Å²) >= 11 is 0. The van der Waals surface area contributed by atoms with E-state index >= 15 is 0 Å². The molecule has 3 rings (SSSR count). The Morgan fingerprint density at radius 2 is 2.04 bits per heavy atom. The van der Waals surface area contributed by atoms with Crippen LogP contribution >= 0.6 is 0 Å². The average molecular weight is 345 g/mol. The second-order valence-electron chi connectivity index (χ2n) is 7.25. The normalized spacial score (nSPS) is 19.8. The van der Waals surface area contributed by atoms with Crippen molar-refractivity contribution in [2.75, 3.05) is 31.1 Å². The third kappa shape index (κ3) is 4.19. The number of likely N-dealkylation sites (tertiary alicyclic amines) is 1. The second kappa shape index (κ2) is 7.53. The highest BCUT2D eigenvalue weighted by molar-refractivity contribution is 5.92. The molecule has 25 heavy (non-hydrogen) atoms. The van der Waals surface area contributed by atoms with Crippen LogP contribution in [0.5, 0.6) is 0 Å². The number of urea groups is 1. The van der Waals surface area contributed by atoms with Crippen LogP contribution in [-0.2, 0) is 6.42 Å². The van der Waals surface area contributed by atoms with E-state index in [1.807, 2.05) is 29.7 Å². The maximum Gasteiger partial charge on any atom is 0.323 e. The van der Waals surface area contributed by atoms with Crippen molar-refractivity contribution in [3.8, 4) is 0 Å². The predicted molar refractivity (Wildman–Crippen MR) is 97.2 cm³/mol. The predicted octanol–water partition coefficient (Wildman–Crippen LogP) is 1.03. The molecule has 1 spiro atoms. The number of carbonyl (C=O) groups is 1. The van der Waals surface area contributed by atoms with Crippen molar-refractivity contribution < 1.29 is 10.0 Å². The van der Waals surface area contributed by atoms with E-state index in [9.17, 15) is 4.79 Å². The zero-order valence-corrected chi connectivity index (χ0v) is 14.4. The minimum atomic E-state index is -0.563. The van der Waals surface area contributed by atoms with Crippen molar-refractivity contribution in [2.45, 2.75) is 25.3 Å². The molecule has 1 heterocycles. The molecular formula is C18H27N5O2. The van der Waals surface area contributed by atoms with Crippen molar-refractivity contribution in [1.82, 2.24) is 10.4 Å². The van der Waals surface area contributed by atoms with Crippen molar-refractivity contribution in [3.63, 3.8) is 0 Å². The summed E-state index contributed by atoms with van der Waals surface area (Å²) in [5.41, 5.74) is 15.8. The lowest BCUT2D eigenvalue weighted by Crippen LogP contribution is -2.65. The third-order valence-electron chi connectivity index (χ3n) is 5.14. The van der Waals surface area contributed by atoms with Gasteiger partial charge in [0.2, 0.25) is 0 Å². The minimum absolute atomic E-state index is 0.240. The summed E-state index contributed by atoms with van der Waals surface area (Å²) in [4.78, 5) is 15.4. The van der Waals surface area contributed by atoms with Gasteiger partial charge in [-0.3, -0.25) is 4.90 Å². The Morgan fingerprint density at radius 3 is 2.60 bits per heavy atom. The molecule has 2 aliphatic rings. The molecule has 1 aromatic carbocycles. The van der Waals surface area contributed by atoms with Gasteiger partial charge in [-0.1, -0.05) is 18.2 Å². The largest absolute Gasteiger partial charge is 0.351 e. The number of amides is 2. The smallest absolute Gasteiger partial charge is 0.323 e. The molecule has 1 aliphatic heterocycles. The molecule has 0 aromatic heterocycles. The van der Waals surface area contributed by atoms with Gasteiger partial charge in [0.1, 0.15) is 0 Å². The molecule has 0 unspecified atom stereocenters. The van der Waals surface area contributed by atoms with E-state index in [-0.39, 0.29) is 6.54 Å². The van der Waals surface area contributed by atoms with Crippen LogP contribution in [0.1, 0.15) is 18.4 Å². The van der Waals surface area contributed by atoms with E-state index in [0.29, 0.717) is 17.1 Å². The first kappa shape index (κ1) is 17.9. The van der Waals surface area contributed by atoms with Crippen LogP contribution in [0.4, 0.5) is 10.5 Å². The van der Waals surface area contributed by atoms with Gasteiger partial charge in [0.05, 0.1) is 5.69 Å². The van der Waals surface area contributed by atoms with Crippen molar-refractivity contribution in [1.29, 1.82) is 0 Å². The Hall–Kier alpha value is -1.93. The van der Waals surface area contributed by atoms with Gasteiger partial charge in [-0.05, 0) is 42.4 Å². The Morgan fingerprint density at radius 1 is 1.36 bits per heavy atom. The van der Waals surface area contributed by atoms with E-state index in [1.165, 1.54) is 36.4 Å². The van der Waals surface area contributed by atoms with E-state index in [1.54, 1.807) is 12.3 Å². The lowest BCUT2D eigenvalue weighted by atomic mass is 9.61. The molecule has 1 aromatic rings. The summed E-state index contributed by atoms with van der Waals surface area (Å²) in [5.74, 6) is 0. The third-order valence-corrected chi connectivity index (χ3v) is 5.14. The topological polar surface area (TPSA) is 108 Å². The van der Waals surface area contributed by atoms with Gasteiger partial charge >= 0.3 is 6.03 Å². The summed E-state index contributed by atoms with van der Waals surface area (Å²) in [6.07, 6.45) is 6.51. The zero-order valence-electron chi connectivity index (χ0n) is 14.4. The summed E-state index contributed by atoms with van der Waals surface area (Å²) in [6.45, 7) is 3.65. The van der Waals surface area contributed by atoms with Gasteiger partial charge in [0, 0.05) is 38.4 Å². The molecule has 0 bridgehead atoms. The number of benzene rings is 1. The molecule has 2 fully saturated rings. The Kier molecular flexibility index (Phi) is 5.39. The van der Waals surface area contributed by atoms with E-state index in [2.05, 4.69) is 4.90 Å². The van der Waals surface area contributed by atoms with Crippen molar-refractivity contribution in [2.24, 2.45) is 16.9 Å². The van der Waals surface area contributed by atoms with Crippen LogP contribution in [-0.4, -0.2) is 48.4 Å². The Bertz CT molecular complexity index is 617. The number of anilines is 1. The Balaban J connectivity index is 1.49. The van der Waals surface area contributed by atoms with Crippen molar-refractivity contribution in [3.05, 3.63) is 42.1 Å². The molecular weight excluding hydrogens is 318 g/mol. The second-order valence-corrected chi connectivity index (χ2v) is 7.25. The minimum Gasteiger partial charge on any atom is -0.351 e. The molecule has 7 heteroatoms. The molecule has 1 saturated heterocycles. The monoisotopic (exact) mass is 345 g/mol. The molecule has 6 N–H and O–H groups in total. The zero-order chi connectivity index (χ0) is 17.9. The first-order valence-corrected chi connectivity index (χ1v) is 8.70. The molecule has 0 radical (unpaired) electrons. The number of hydrogen-bond acceptors (Lipinski definition) is 5. The highest BCUT2D eigenvalue weighted by atomic mass is 16.5. The number of primary amides is 1. The molecule has 136 valence electrons. The quantitative estimate of drug-likeness (QED) is 0.552. The first-order valence-electron chi connectivity index (χ1n) is 8.70. The van der Waals surface area contributed by atoms with Crippen LogP contribution < -0.4 is 21.8 Å². The van der Waals surface area contributed by atoms with Crippen LogP contribution in [0.2, 0.25) is 0 Å². The van der Waals surface area contributed by atoms with Crippen LogP contribution in [0.3, 0.4) is 0 Å². The SMILES string of the molecule is NC(=O)N(/C=C\CNO)c1ccc(CCN2CC3(CC(N)C3)C2)cc1.